The SMILES string of the molecule is CCc1nccn1CC1CCN(C(=O)Cn2cnc3ccccc3c2=O)CC1. The summed E-state index contributed by atoms with van der Waals surface area (Å²) < 4.78 is 3.64. The lowest BCUT2D eigenvalue weighted by Crippen LogP contribution is -2.42. The van der Waals surface area contributed by atoms with Crippen LogP contribution in [0.3, 0.4) is 0 Å². The van der Waals surface area contributed by atoms with Crippen molar-refractivity contribution in [1.82, 2.24) is 24.0 Å². The van der Waals surface area contributed by atoms with Gasteiger partial charge >= 0.3 is 0 Å². The van der Waals surface area contributed by atoms with Crippen molar-refractivity contribution in [3.8, 4) is 0 Å². The molecule has 1 aromatic carbocycles. The summed E-state index contributed by atoms with van der Waals surface area (Å²) in [6, 6.07) is 7.21. The molecular weight excluding hydrogens is 354 g/mol. The zero-order valence-electron chi connectivity index (χ0n) is 16.1. The third-order valence-electron chi connectivity index (χ3n) is 5.58. The van der Waals surface area contributed by atoms with E-state index in [0.29, 0.717) is 16.8 Å². The number of benzene rings is 1. The molecule has 3 aromatic rings. The zero-order valence-corrected chi connectivity index (χ0v) is 16.1. The highest BCUT2D eigenvalue weighted by Gasteiger charge is 2.24. The molecule has 146 valence electrons. The molecule has 28 heavy (non-hydrogen) atoms. The van der Waals surface area contributed by atoms with E-state index in [1.165, 1.54) is 10.9 Å². The lowest BCUT2D eigenvalue weighted by molar-refractivity contribution is -0.133. The molecule has 1 aliphatic heterocycles. The summed E-state index contributed by atoms with van der Waals surface area (Å²) in [5.74, 6) is 1.64. The van der Waals surface area contributed by atoms with E-state index in [0.717, 1.165) is 44.7 Å². The van der Waals surface area contributed by atoms with Crippen LogP contribution in [0.4, 0.5) is 0 Å². The van der Waals surface area contributed by atoms with Crippen molar-refractivity contribution >= 4 is 16.8 Å². The van der Waals surface area contributed by atoms with E-state index in [1.807, 2.05) is 29.4 Å². The molecule has 4 rings (SSSR count). The van der Waals surface area contributed by atoms with Gasteiger partial charge in [-0.05, 0) is 30.9 Å². The Hall–Kier alpha value is -2.96. The summed E-state index contributed by atoms with van der Waals surface area (Å²) in [6.45, 7) is 4.58. The largest absolute Gasteiger partial charge is 0.341 e. The maximum atomic E-state index is 12.7. The van der Waals surface area contributed by atoms with Crippen LogP contribution in [0.2, 0.25) is 0 Å². The van der Waals surface area contributed by atoms with E-state index >= 15 is 0 Å². The summed E-state index contributed by atoms with van der Waals surface area (Å²) in [6.07, 6.45) is 8.23. The van der Waals surface area contributed by atoms with E-state index in [2.05, 4.69) is 21.5 Å². The maximum absolute atomic E-state index is 12.7. The first kappa shape index (κ1) is 18.4. The molecule has 1 aliphatic rings. The molecule has 0 unspecified atom stereocenters. The Morgan fingerprint density at radius 3 is 2.71 bits per heavy atom. The number of aromatic nitrogens is 4. The first-order valence-corrected chi connectivity index (χ1v) is 9.87. The summed E-state index contributed by atoms with van der Waals surface area (Å²) >= 11 is 0. The van der Waals surface area contributed by atoms with Gasteiger partial charge in [0.2, 0.25) is 5.91 Å². The van der Waals surface area contributed by atoms with Crippen LogP contribution in [-0.2, 0) is 24.3 Å². The highest BCUT2D eigenvalue weighted by Crippen LogP contribution is 2.20. The standard InChI is InChI=1S/C21H25N5O2/c1-2-19-22-9-12-25(19)13-16-7-10-24(11-8-16)20(27)14-26-15-23-18-6-4-3-5-17(18)21(26)28/h3-6,9,12,15-16H,2,7-8,10-11,13-14H2,1H3. The second kappa shape index (κ2) is 7.96. The van der Waals surface area contributed by atoms with Crippen molar-refractivity contribution in [3.63, 3.8) is 0 Å². The number of aryl methyl sites for hydroxylation is 1. The average molecular weight is 379 g/mol. The number of para-hydroxylation sites is 1. The molecule has 0 atom stereocenters. The molecule has 0 saturated carbocycles. The number of nitrogens with zero attached hydrogens (tertiary/aromatic N) is 5. The fourth-order valence-electron chi connectivity index (χ4n) is 3.93. The van der Waals surface area contributed by atoms with E-state index in [9.17, 15) is 9.59 Å². The topological polar surface area (TPSA) is 73.0 Å². The molecule has 0 N–H and O–H groups in total. The van der Waals surface area contributed by atoms with Gasteiger partial charge in [0.25, 0.3) is 5.56 Å². The number of fused-ring (bicyclic) bond motifs is 1. The lowest BCUT2D eigenvalue weighted by Gasteiger charge is -2.32. The summed E-state index contributed by atoms with van der Waals surface area (Å²) in [5.41, 5.74) is 0.490. The Labute approximate surface area is 163 Å². The molecule has 0 bridgehead atoms. The van der Waals surface area contributed by atoms with Crippen molar-refractivity contribution in [2.24, 2.45) is 5.92 Å². The second-order valence-electron chi connectivity index (χ2n) is 7.37. The number of rotatable bonds is 5. The lowest BCUT2D eigenvalue weighted by atomic mass is 9.96. The van der Waals surface area contributed by atoms with Crippen LogP contribution in [0, 0.1) is 5.92 Å². The number of piperidine rings is 1. The van der Waals surface area contributed by atoms with Gasteiger partial charge in [-0.3, -0.25) is 14.2 Å². The molecule has 0 radical (unpaired) electrons. The van der Waals surface area contributed by atoms with Crippen molar-refractivity contribution in [2.75, 3.05) is 13.1 Å². The molecule has 7 nitrogen and oxygen atoms in total. The number of hydrogen-bond acceptors (Lipinski definition) is 4. The Kier molecular flexibility index (Phi) is 5.23. The third-order valence-corrected chi connectivity index (χ3v) is 5.58. The van der Waals surface area contributed by atoms with Crippen LogP contribution in [0.15, 0.2) is 47.8 Å². The molecule has 0 spiro atoms. The number of amides is 1. The van der Waals surface area contributed by atoms with Crippen molar-refractivity contribution < 1.29 is 4.79 Å². The zero-order chi connectivity index (χ0) is 19.5. The Morgan fingerprint density at radius 1 is 1.14 bits per heavy atom. The minimum Gasteiger partial charge on any atom is -0.341 e. The maximum Gasteiger partial charge on any atom is 0.261 e. The monoisotopic (exact) mass is 379 g/mol. The number of carbonyl (C=O) groups excluding carboxylic acids is 1. The van der Waals surface area contributed by atoms with Crippen LogP contribution >= 0.6 is 0 Å². The molecule has 0 aliphatic carbocycles. The van der Waals surface area contributed by atoms with Crippen molar-refractivity contribution in [1.29, 1.82) is 0 Å². The number of likely N-dealkylation sites (tertiary alicyclic amines) is 1. The molecular formula is C21H25N5O2. The number of carbonyl (C=O) groups is 1. The van der Waals surface area contributed by atoms with Gasteiger partial charge in [-0.25, -0.2) is 9.97 Å². The van der Waals surface area contributed by atoms with Crippen LogP contribution in [0.1, 0.15) is 25.6 Å². The van der Waals surface area contributed by atoms with Gasteiger partial charge < -0.3 is 9.47 Å². The minimum atomic E-state index is -0.166. The first-order valence-electron chi connectivity index (χ1n) is 9.87. The minimum absolute atomic E-state index is 0.0190. The van der Waals surface area contributed by atoms with Crippen molar-refractivity contribution in [3.05, 3.63) is 59.2 Å². The molecule has 1 saturated heterocycles. The fourth-order valence-corrected chi connectivity index (χ4v) is 3.93. The summed E-state index contributed by atoms with van der Waals surface area (Å²) in [4.78, 5) is 35.8. The van der Waals surface area contributed by atoms with Gasteiger partial charge in [0.15, 0.2) is 0 Å². The van der Waals surface area contributed by atoms with E-state index in [4.69, 9.17) is 0 Å². The van der Waals surface area contributed by atoms with Gasteiger partial charge in [0.05, 0.1) is 17.2 Å². The number of hydrogen-bond donors (Lipinski definition) is 0. The van der Waals surface area contributed by atoms with Crippen LogP contribution in [0.25, 0.3) is 10.9 Å². The van der Waals surface area contributed by atoms with Crippen LogP contribution in [0.5, 0.6) is 0 Å². The van der Waals surface area contributed by atoms with Gasteiger partial charge in [0.1, 0.15) is 12.4 Å². The van der Waals surface area contributed by atoms with Gasteiger partial charge in [0, 0.05) is 38.4 Å². The van der Waals surface area contributed by atoms with E-state index < -0.39 is 0 Å². The molecule has 3 heterocycles. The van der Waals surface area contributed by atoms with Crippen molar-refractivity contribution in [2.45, 2.75) is 39.3 Å². The number of imidazole rings is 1. The molecule has 7 heteroatoms. The first-order chi connectivity index (χ1) is 13.7. The quantitative estimate of drug-likeness (QED) is 0.680. The molecule has 2 aromatic heterocycles. The van der Waals surface area contributed by atoms with Crippen LogP contribution < -0.4 is 5.56 Å². The second-order valence-corrected chi connectivity index (χ2v) is 7.37. The summed E-state index contributed by atoms with van der Waals surface area (Å²) in [7, 11) is 0. The van der Waals surface area contributed by atoms with Crippen LogP contribution in [-0.4, -0.2) is 43.0 Å². The molecule has 1 fully saturated rings. The Morgan fingerprint density at radius 2 is 1.93 bits per heavy atom. The van der Waals surface area contributed by atoms with E-state index in [1.54, 1.807) is 12.1 Å². The van der Waals surface area contributed by atoms with E-state index in [-0.39, 0.29) is 18.0 Å². The molecule has 1 amide bonds. The predicted octanol–water partition coefficient (Wildman–Crippen LogP) is 2.09. The highest BCUT2D eigenvalue weighted by atomic mass is 16.2. The Bertz CT molecular complexity index is 1030. The van der Waals surface area contributed by atoms with Gasteiger partial charge in [-0.2, -0.15) is 0 Å². The average Bonchev–Trinajstić information content (AvgIpc) is 3.18. The summed E-state index contributed by atoms with van der Waals surface area (Å²) in [5, 5.41) is 0.545. The smallest absolute Gasteiger partial charge is 0.261 e. The normalized spacial score (nSPS) is 15.2. The Balaban J connectivity index is 1.37. The van der Waals surface area contributed by atoms with Gasteiger partial charge in [-0.15, -0.1) is 0 Å². The van der Waals surface area contributed by atoms with Gasteiger partial charge in [-0.1, -0.05) is 19.1 Å². The third kappa shape index (κ3) is 3.69. The highest BCUT2D eigenvalue weighted by molar-refractivity contribution is 5.79. The predicted molar refractivity (Wildman–Crippen MR) is 107 cm³/mol. The fraction of sp³-hybridized carbons (Fsp3) is 0.429.